The van der Waals surface area contributed by atoms with Crippen molar-refractivity contribution in [1.29, 1.82) is 0 Å². The summed E-state index contributed by atoms with van der Waals surface area (Å²) in [6.45, 7) is 12.1. The third kappa shape index (κ3) is 4.44. The number of hydrogen-bond acceptors (Lipinski definition) is 1. The monoisotopic (exact) mass is 203 g/mol. The molecule has 13 heavy (non-hydrogen) atoms. The van der Waals surface area contributed by atoms with Crippen molar-refractivity contribution in [2.75, 3.05) is 0 Å². The molecular weight excluding hydrogens is 184 g/mol. The molecule has 0 aliphatic rings. The SMILES string of the molecule is CC(=[N+]=NC(C)(Cl)C(C)C)C(C)C. The topological polar surface area (TPSA) is 26.5 Å². The third-order valence-electron chi connectivity index (χ3n) is 2.29. The molecule has 0 aromatic heterocycles. The Kier molecular flexibility index (Phi) is 4.66. The molecule has 0 aliphatic carbocycles. The van der Waals surface area contributed by atoms with E-state index in [1.807, 2.05) is 27.7 Å². The van der Waals surface area contributed by atoms with Crippen molar-refractivity contribution in [1.82, 2.24) is 0 Å². The van der Waals surface area contributed by atoms with Crippen molar-refractivity contribution >= 4 is 17.3 Å². The number of alkyl halides is 1. The summed E-state index contributed by atoms with van der Waals surface area (Å²) in [5.41, 5.74) is 1.02. The lowest BCUT2D eigenvalue weighted by atomic mass is 10.1. The van der Waals surface area contributed by atoms with Crippen LogP contribution in [0.2, 0.25) is 0 Å². The second kappa shape index (κ2) is 4.78. The van der Waals surface area contributed by atoms with Gasteiger partial charge in [0.05, 0.1) is 10.7 Å². The van der Waals surface area contributed by atoms with Crippen molar-refractivity contribution < 1.29 is 4.79 Å². The molecule has 0 N–H and O–H groups in total. The van der Waals surface area contributed by atoms with Gasteiger partial charge in [-0.1, -0.05) is 39.3 Å². The quantitative estimate of drug-likeness (QED) is 0.221. The molecule has 0 spiro atoms. The lowest BCUT2D eigenvalue weighted by molar-refractivity contribution is -0.113. The summed E-state index contributed by atoms with van der Waals surface area (Å²) in [5, 5.41) is 4.13. The maximum absolute atomic E-state index is 6.15. The van der Waals surface area contributed by atoms with Crippen LogP contribution in [0.3, 0.4) is 0 Å². The van der Waals surface area contributed by atoms with Gasteiger partial charge in [0.2, 0.25) is 5.00 Å². The fourth-order valence-electron chi connectivity index (χ4n) is 0.408. The number of halogens is 1. The van der Waals surface area contributed by atoms with Crippen molar-refractivity contribution in [3.05, 3.63) is 0 Å². The van der Waals surface area contributed by atoms with E-state index in [0.717, 1.165) is 5.71 Å². The van der Waals surface area contributed by atoms with Crippen LogP contribution in [-0.2, 0) is 0 Å². The van der Waals surface area contributed by atoms with E-state index in [9.17, 15) is 0 Å². The zero-order valence-electron chi connectivity index (χ0n) is 9.43. The average molecular weight is 204 g/mol. The molecule has 0 heterocycles. The maximum atomic E-state index is 6.15. The van der Waals surface area contributed by atoms with E-state index in [1.54, 1.807) is 0 Å². The summed E-state index contributed by atoms with van der Waals surface area (Å²) in [4.78, 5) is 3.55. The molecule has 0 aromatic carbocycles. The third-order valence-corrected chi connectivity index (χ3v) is 2.80. The number of nitrogens with zero attached hydrogens (tertiary/aromatic N) is 2. The van der Waals surface area contributed by atoms with Gasteiger partial charge in [0.25, 0.3) is 0 Å². The largest absolute Gasteiger partial charge is 0.317 e. The van der Waals surface area contributed by atoms with Gasteiger partial charge in [0.1, 0.15) is 5.11 Å². The molecule has 0 aliphatic heterocycles. The van der Waals surface area contributed by atoms with Crippen LogP contribution in [0.5, 0.6) is 0 Å². The molecule has 0 radical (unpaired) electrons. The summed E-state index contributed by atoms with van der Waals surface area (Å²) >= 11 is 6.15. The zero-order valence-corrected chi connectivity index (χ0v) is 10.2. The van der Waals surface area contributed by atoms with Crippen LogP contribution in [0, 0.1) is 11.8 Å². The Morgan fingerprint density at radius 2 is 1.77 bits per heavy atom. The Morgan fingerprint density at radius 3 is 2.08 bits per heavy atom. The van der Waals surface area contributed by atoms with Crippen LogP contribution < -0.4 is 0 Å². The van der Waals surface area contributed by atoms with E-state index in [-0.39, 0.29) is 5.92 Å². The molecule has 2 nitrogen and oxygen atoms in total. The van der Waals surface area contributed by atoms with E-state index in [2.05, 4.69) is 23.8 Å². The highest BCUT2D eigenvalue weighted by Gasteiger charge is 2.30. The van der Waals surface area contributed by atoms with Crippen LogP contribution >= 0.6 is 11.6 Å². The fourth-order valence-corrected chi connectivity index (χ4v) is 0.445. The predicted octanol–water partition coefficient (Wildman–Crippen LogP) is 3.37. The van der Waals surface area contributed by atoms with Crippen LogP contribution in [0.25, 0.3) is 0 Å². The molecule has 0 saturated heterocycles. The first-order chi connectivity index (χ1) is 5.77. The molecule has 3 heteroatoms. The van der Waals surface area contributed by atoms with Gasteiger partial charge < -0.3 is 0 Å². The summed E-state index contributed by atoms with van der Waals surface area (Å²) in [6, 6.07) is 0. The molecule has 0 rings (SSSR count). The van der Waals surface area contributed by atoms with Gasteiger partial charge in [-0.25, -0.2) is 0 Å². The van der Waals surface area contributed by atoms with Crippen LogP contribution in [0.1, 0.15) is 41.5 Å². The van der Waals surface area contributed by atoms with E-state index >= 15 is 0 Å². The summed E-state index contributed by atoms with van der Waals surface area (Å²) in [6.07, 6.45) is 0. The molecule has 1 atom stereocenters. The first kappa shape index (κ1) is 12.7. The van der Waals surface area contributed by atoms with Crippen molar-refractivity contribution in [2.45, 2.75) is 46.5 Å². The molecule has 0 aromatic rings. The van der Waals surface area contributed by atoms with Gasteiger partial charge in [-0.2, -0.15) is 0 Å². The molecule has 0 bridgehead atoms. The normalized spacial score (nSPS) is 15.5. The molecule has 0 saturated carbocycles. The van der Waals surface area contributed by atoms with Gasteiger partial charge in [-0.05, 0) is 12.8 Å². The minimum Gasteiger partial charge on any atom is -0.0854 e. The van der Waals surface area contributed by atoms with Crippen LogP contribution in [-0.4, -0.2) is 15.5 Å². The summed E-state index contributed by atoms with van der Waals surface area (Å²) in [5.74, 6) is 0.723. The lowest BCUT2D eigenvalue weighted by Gasteiger charge is -2.13. The fraction of sp³-hybridized carbons (Fsp3) is 0.900. The van der Waals surface area contributed by atoms with Crippen molar-refractivity contribution in [2.24, 2.45) is 17.0 Å². The number of rotatable bonds is 3. The molecule has 0 fully saturated rings. The first-order valence-corrected chi connectivity index (χ1v) is 5.10. The van der Waals surface area contributed by atoms with E-state index < -0.39 is 5.00 Å². The molecule has 76 valence electrons. The Labute approximate surface area is 86.1 Å². The van der Waals surface area contributed by atoms with Crippen molar-refractivity contribution in [3.63, 3.8) is 0 Å². The second-order valence-electron chi connectivity index (χ2n) is 4.17. The van der Waals surface area contributed by atoms with Gasteiger partial charge in [0.15, 0.2) is 0 Å². The smallest absolute Gasteiger partial charge is 0.0854 e. The lowest BCUT2D eigenvalue weighted by Crippen LogP contribution is -2.21. The standard InChI is InChI=1S/C10H20ClN2/c1-7(2)9(5)12-13-10(6,11)8(3)4/h7-8H,1-6H3/q+1. The second-order valence-corrected chi connectivity index (χ2v) is 4.94. The highest BCUT2D eigenvalue weighted by molar-refractivity contribution is 6.23. The van der Waals surface area contributed by atoms with Gasteiger partial charge in [-0.15, -0.1) is 0 Å². The predicted molar refractivity (Wildman–Crippen MR) is 57.3 cm³/mol. The van der Waals surface area contributed by atoms with Gasteiger partial charge in [-0.3, -0.25) is 0 Å². The summed E-state index contributed by atoms with van der Waals surface area (Å²) < 4.78 is 0. The van der Waals surface area contributed by atoms with Gasteiger partial charge in [0, 0.05) is 6.92 Å². The minimum atomic E-state index is -0.573. The average Bonchev–Trinajstić information content (AvgIpc) is 1.99. The van der Waals surface area contributed by atoms with Gasteiger partial charge >= 0.3 is 5.71 Å². The highest BCUT2D eigenvalue weighted by atomic mass is 35.5. The van der Waals surface area contributed by atoms with E-state index in [4.69, 9.17) is 11.6 Å². The van der Waals surface area contributed by atoms with Crippen LogP contribution in [0.4, 0.5) is 0 Å². The van der Waals surface area contributed by atoms with Crippen LogP contribution in [0.15, 0.2) is 5.11 Å². The maximum Gasteiger partial charge on any atom is 0.317 e. The summed E-state index contributed by atoms with van der Waals surface area (Å²) in [7, 11) is 0. The molecular formula is C10H20ClN2+. The Morgan fingerprint density at radius 1 is 1.31 bits per heavy atom. The Balaban J connectivity index is 4.68. The minimum absolute atomic E-state index is 0.290. The molecule has 0 amide bonds. The van der Waals surface area contributed by atoms with Crippen molar-refractivity contribution in [3.8, 4) is 0 Å². The Hall–Kier alpha value is -0.330. The number of hydrogen-bond donors (Lipinski definition) is 0. The first-order valence-electron chi connectivity index (χ1n) is 4.72. The highest BCUT2D eigenvalue weighted by Crippen LogP contribution is 2.25. The zero-order chi connectivity index (χ0) is 10.6. The van der Waals surface area contributed by atoms with E-state index in [1.165, 1.54) is 0 Å². The Bertz CT molecular complexity index is 223. The van der Waals surface area contributed by atoms with E-state index in [0.29, 0.717) is 5.92 Å². The molecule has 1 unspecified atom stereocenters.